The third-order valence-corrected chi connectivity index (χ3v) is 7.45. The maximum absolute atomic E-state index is 13.4. The van der Waals surface area contributed by atoms with E-state index in [4.69, 9.17) is 10.8 Å². The fraction of sp³-hybridized carbons (Fsp3) is 0.345. The number of halogens is 2. The number of hydrogen-bond donors (Lipinski definition) is 1. The van der Waals surface area contributed by atoms with Crippen molar-refractivity contribution in [2.45, 2.75) is 44.6 Å². The summed E-state index contributed by atoms with van der Waals surface area (Å²) in [5.74, 6) is -2.06. The molecular weight excluding hydrogens is 484 g/mol. The standard InChI is InChI=1S/C29H31F2N7/c30-29(31)11-14-36(15-12-29)13-5-4-8-24-17-25(27-28(32)33-20-34-38(24)27)22-9-10-23-19-37(35-26(23)16-22)18-21-6-2-1-3-7-21/h1-3,6-7,9-10,16-17,19-20H,4-5,8,11-15,18H2,(H2,32,33,34). The zero-order chi connectivity index (χ0) is 26.1. The molecule has 0 bridgehead atoms. The number of likely N-dealkylation sites (tertiary alicyclic amines) is 1. The summed E-state index contributed by atoms with van der Waals surface area (Å²) in [6.07, 6.45) is 6.17. The zero-order valence-electron chi connectivity index (χ0n) is 21.2. The maximum Gasteiger partial charge on any atom is 0.250 e. The summed E-state index contributed by atoms with van der Waals surface area (Å²) in [4.78, 5) is 6.39. The molecule has 196 valence electrons. The van der Waals surface area contributed by atoms with Gasteiger partial charge in [-0.3, -0.25) is 4.68 Å². The third-order valence-electron chi connectivity index (χ3n) is 7.45. The number of alkyl halides is 2. The zero-order valence-corrected chi connectivity index (χ0v) is 21.2. The predicted octanol–water partition coefficient (Wildman–Crippen LogP) is 5.43. The number of fused-ring (bicyclic) bond motifs is 2. The number of nitrogens with zero attached hydrogens (tertiary/aromatic N) is 6. The van der Waals surface area contributed by atoms with E-state index in [2.05, 4.69) is 57.6 Å². The molecule has 6 rings (SSSR count). The maximum atomic E-state index is 13.4. The molecule has 7 nitrogen and oxygen atoms in total. The Morgan fingerprint density at radius 3 is 2.61 bits per heavy atom. The molecule has 0 spiro atoms. The quantitative estimate of drug-likeness (QED) is 0.279. The van der Waals surface area contributed by atoms with E-state index in [9.17, 15) is 8.78 Å². The lowest BCUT2D eigenvalue weighted by Gasteiger charge is -2.31. The van der Waals surface area contributed by atoms with Crippen LogP contribution in [0.3, 0.4) is 0 Å². The van der Waals surface area contributed by atoms with Crippen molar-refractivity contribution in [3.05, 3.63) is 78.4 Å². The third kappa shape index (κ3) is 5.11. The van der Waals surface area contributed by atoms with Crippen LogP contribution in [0, 0.1) is 0 Å². The van der Waals surface area contributed by atoms with Crippen molar-refractivity contribution in [1.29, 1.82) is 0 Å². The lowest BCUT2D eigenvalue weighted by molar-refractivity contribution is -0.0551. The molecule has 2 aromatic carbocycles. The van der Waals surface area contributed by atoms with E-state index < -0.39 is 5.92 Å². The smallest absolute Gasteiger partial charge is 0.250 e. The fourth-order valence-corrected chi connectivity index (χ4v) is 5.36. The molecule has 0 unspecified atom stereocenters. The molecule has 2 N–H and O–H groups in total. The van der Waals surface area contributed by atoms with Crippen LogP contribution < -0.4 is 5.73 Å². The van der Waals surface area contributed by atoms with Crippen LogP contribution in [-0.2, 0) is 13.0 Å². The van der Waals surface area contributed by atoms with E-state index in [1.165, 1.54) is 11.9 Å². The highest BCUT2D eigenvalue weighted by Crippen LogP contribution is 2.33. The first-order valence-corrected chi connectivity index (χ1v) is 13.2. The van der Waals surface area contributed by atoms with Crippen LogP contribution in [0.5, 0.6) is 0 Å². The Kier molecular flexibility index (Phi) is 6.53. The van der Waals surface area contributed by atoms with Crippen molar-refractivity contribution >= 4 is 22.2 Å². The number of rotatable bonds is 8. The van der Waals surface area contributed by atoms with Gasteiger partial charge in [0.25, 0.3) is 5.92 Å². The number of hydrogen-bond acceptors (Lipinski definition) is 5. The first-order chi connectivity index (χ1) is 18.4. The molecule has 0 atom stereocenters. The second-order valence-corrected chi connectivity index (χ2v) is 10.2. The van der Waals surface area contributed by atoms with Crippen molar-refractivity contribution in [3.63, 3.8) is 0 Å². The normalized spacial score (nSPS) is 15.9. The van der Waals surface area contributed by atoms with E-state index in [1.807, 2.05) is 27.4 Å². The average Bonchev–Trinajstić information content (AvgIpc) is 3.49. The van der Waals surface area contributed by atoms with Crippen molar-refractivity contribution in [2.75, 3.05) is 25.4 Å². The summed E-state index contributed by atoms with van der Waals surface area (Å²) >= 11 is 0. The van der Waals surface area contributed by atoms with Crippen LogP contribution in [0.15, 0.2) is 67.1 Å². The van der Waals surface area contributed by atoms with E-state index in [0.717, 1.165) is 59.0 Å². The summed E-state index contributed by atoms with van der Waals surface area (Å²) < 4.78 is 30.7. The number of aromatic nitrogens is 5. The number of nitrogens with two attached hydrogens (primary N) is 1. The van der Waals surface area contributed by atoms with E-state index in [1.54, 1.807) is 0 Å². The van der Waals surface area contributed by atoms with Crippen LogP contribution in [0.2, 0.25) is 0 Å². The number of nitrogen functional groups attached to an aromatic ring is 1. The molecule has 38 heavy (non-hydrogen) atoms. The Balaban J connectivity index is 1.21. The van der Waals surface area contributed by atoms with Crippen LogP contribution in [0.1, 0.15) is 36.9 Å². The van der Waals surface area contributed by atoms with Crippen LogP contribution in [0.4, 0.5) is 14.6 Å². The van der Waals surface area contributed by atoms with Crippen molar-refractivity contribution in [2.24, 2.45) is 0 Å². The molecule has 0 aliphatic carbocycles. The minimum Gasteiger partial charge on any atom is -0.382 e. The minimum absolute atomic E-state index is 0.0370. The predicted molar refractivity (Wildman–Crippen MR) is 145 cm³/mol. The largest absolute Gasteiger partial charge is 0.382 e. The Bertz CT molecular complexity index is 1550. The highest BCUT2D eigenvalue weighted by molar-refractivity contribution is 5.92. The van der Waals surface area contributed by atoms with Gasteiger partial charge in [0.1, 0.15) is 11.8 Å². The number of benzene rings is 2. The summed E-state index contributed by atoms with van der Waals surface area (Å²) in [5.41, 5.74) is 12.3. The van der Waals surface area contributed by atoms with Crippen molar-refractivity contribution < 1.29 is 8.78 Å². The minimum atomic E-state index is -2.50. The topological polar surface area (TPSA) is 77.3 Å². The summed E-state index contributed by atoms with van der Waals surface area (Å²) in [6, 6.07) is 18.7. The number of piperidine rings is 1. The molecule has 0 amide bonds. The molecule has 0 radical (unpaired) electrons. The second-order valence-electron chi connectivity index (χ2n) is 10.2. The molecule has 9 heteroatoms. The lowest BCUT2D eigenvalue weighted by Crippen LogP contribution is -2.39. The van der Waals surface area contributed by atoms with Gasteiger partial charge >= 0.3 is 0 Å². The van der Waals surface area contributed by atoms with Crippen molar-refractivity contribution in [3.8, 4) is 11.1 Å². The second kappa shape index (κ2) is 10.1. The molecule has 3 aromatic heterocycles. The van der Waals surface area contributed by atoms with E-state index in [-0.39, 0.29) is 12.8 Å². The summed E-state index contributed by atoms with van der Waals surface area (Å²) in [6.45, 7) is 2.49. The van der Waals surface area contributed by atoms with E-state index in [0.29, 0.717) is 25.5 Å². The van der Waals surface area contributed by atoms with Gasteiger partial charge in [-0.05, 0) is 49.1 Å². The van der Waals surface area contributed by atoms with Gasteiger partial charge in [-0.25, -0.2) is 18.3 Å². The molecule has 4 heterocycles. The first-order valence-electron chi connectivity index (χ1n) is 13.2. The van der Waals surface area contributed by atoms with Crippen LogP contribution >= 0.6 is 0 Å². The van der Waals surface area contributed by atoms with Gasteiger partial charge in [-0.2, -0.15) is 10.2 Å². The Morgan fingerprint density at radius 1 is 0.974 bits per heavy atom. The number of aryl methyl sites for hydroxylation is 1. The van der Waals surface area contributed by atoms with Crippen molar-refractivity contribution in [1.82, 2.24) is 29.3 Å². The molecule has 1 aliphatic heterocycles. The SMILES string of the molecule is Nc1ncnn2c(CCCCN3CCC(F)(F)CC3)cc(-c3ccc4cn(Cc5ccccc5)nc4c3)c12. The van der Waals surface area contributed by atoms with E-state index >= 15 is 0 Å². The van der Waals surface area contributed by atoms with Gasteiger partial charge in [-0.1, -0.05) is 42.5 Å². The Hall–Kier alpha value is -3.85. The van der Waals surface area contributed by atoms with Gasteiger partial charge in [-0.15, -0.1) is 0 Å². The Morgan fingerprint density at radius 2 is 1.79 bits per heavy atom. The van der Waals surface area contributed by atoms with Crippen LogP contribution in [-0.4, -0.2) is 54.8 Å². The van der Waals surface area contributed by atoms with Gasteiger partial charge < -0.3 is 10.6 Å². The lowest BCUT2D eigenvalue weighted by atomic mass is 10.0. The molecule has 5 aromatic rings. The van der Waals surface area contributed by atoms with Gasteiger partial charge in [0.05, 0.1) is 12.1 Å². The first kappa shape index (κ1) is 24.5. The number of unbranched alkanes of at least 4 members (excludes halogenated alkanes) is 1. The summed E-state index contributed by atoms with van der Waals surface area (Å²) in [7, 11) is 0. The van der Waals surface area contributed by atoms with Gasteiger partial charge in [0, 0.05) is 48.8 Å². The van der Waals surface area contributed by atoms with Gasteiger partial charge in [0.2, 0.25) is 0 Å². The molecular formula is C29H31F2N7. The molecule has 1 saturated heterocycles. The fourth-order valence-electron chi connectivity index (χ4n) is 5.36. The Labute approximate surface area is 219 Å². The molecule has 1 fully saturated rings. The highest BCUT2D eigenvalue weighted by atomic mass is 19.3. The number of anilines is 1. The summed E-state index contributed by atoms with van der Waals surface area (Å²) in [5, 5.41) is 10.4. The van der Waals surface area contributed by atoms with Gasteiger partial charge in [0.15, 0.2) is 5.82 Å². The molecule has 1 aliphatic rings. The highest BCUT2D eigenvalue weighted by Gasteiger charge is 2.33. The average molecular weight is 516 g/mol. The molecule has 0 saturated carbocycles. The monoisotopic (exact) mass is 515 g/mol. The van der Waals surface area contributed by atoms with Crippen LogP contribution in [0.25, 0.3) is 27.5 Å².